The van der Waals surface area contributed by atoms with Crippen LogP contribution in [0.2, 0.25) is 5.02 Å². The molecule has 0 atom stereocenters. The van der Waals surface area contributed by atoms with Crippen LogP contribution in [0, 0.1) is 5.82 Å². The number of amides is 1. The Morgan fingerprint density at radius 3 is 2.83 bits per heavy atom. The summed E-state index contributed by atoms with van der Waals surface area (Å²) in [7, 11) is 0. The summed E-state index contributed by atoms with van der Waals surface area (Å²) >= 11 is 5.71. The third-order valence-electron chi connectivity index (χ3n) is 3.33. The fourth-order valence-corrected chi connectivity index (χ4v) is 2.28. The quantitative estimate of drug-likeness (QED) is 0.791. The summed E-state index contributed by atoms with van der Waals surface area (Å²) in [5.41, 5.74) is 1.34. The van der Waals surface area contributed by atoms with Gasteiger partial charge in [-0.1, -0.05) is 25.4 Å². The van der Waals surface area contributed by atoms with E-state index < -0.39 is 11.7 Å². The van der Waals surface area contributed by atoms with Crippen LogP contribution in [-0.2, 0) is 0 Å². The Morgan fingerprint density at radius 2 is 2.13 bits per heavy atom. The van der Waals surface area contributed by atoms with Crippen LogP contribution in [0.4, 0.5) is 10.1 Å². The van der Waals surface area contributed by atoms with Crippen molar-refractivity contribution in [2.75, 3.05) is 5.32 Å². The summed E-state index contributed by atoms with van der Waals surface area (Å²) < 4.78 is 14.8. The summed E-state index contributed by atoms with van der Waals surface area (Å²) in [5, 5.41) is 7.02. The number of benzene rings is 1. The normalized spacial score (nSPS) is 11.2. The number of carbonyl (C=O) groups excluding carboxylic acids is 1. The van der Waals surface area contributed by atoms with Gasteiger partial charge in [0.2, 0.25) is 0 Å². The Labute approximate surface area is 137 Å². The Hall–Kier alpha value is -2.47. The van der Waals surface area contributed by atoms with Crippen molar-refractivity contribution >= 4 is 28.8 Å². The summed E-state index contributed by atoms with van der Waals surface area (Å²) in [6.45, 7) is 3.99. The molecule has 5 nitrogen and oxygen atoms in total. The van der Waals surface area contributed by atoms with Crippen LogP contribution in [-0.4, -0.2) is 20.5 Å². The van der Waals surface area contributed by atoms with E-state index >= 15 is 0 Å². The molecule has 118 valence electrons. The van der Waals surface area contributed by atoms with Gasteiger partial charge in [-0.25, -0.2) is 13.9 Å². The third kappa shape index (κ3) is 3.03. The first-order valence-electron chi connectivity index (χ1n) is 7.07. The predicted molar refractivity (Wildman–Crippen MR) is 86.4 cm³/mol. The molecule has 2 aromatic heterocycles. The maximum atomic E-state index is 13.2. The van der Waals surface area contributed by atoms with Crippen molar-refractivity contribution in [1.82, 2.24) is 14.6 Å². The first-order valence-corrected chi connectivity index (χ1v) is 7.45. The van der Waals surface area contributed by atoms with Crippen LogP contribution < -0.4 is 5.32 Å². The van der Waals surface area contributed by atoms with Gasteiger partial charge < -0.3 is 5.32 Å². The molecule has 0 spiro atoms. The van der Waals surface area contributed by atoms with Gasteiger partial charge in [0.25, 0.3) is 5.91 Å². The van der Waals surface area contributed by atoms with Crippen LogP contribution in [0.5, 0.6) is 0 Å². The second-order valence-electron chi connectivity index (χ2n) is 5.40. The van der Waals surface area contributed by atoms with E-state index in [2.05, 4.69) is 15.4 Å². The second kappa shape index (κ2) is 5.96. The molecule has 0 fully saturated rings. The highest BCUT2D eigenvalue weighted by molar-refractivity contribution is 6.31. The van der Waals surface area contributed by atoms with Gasteiger partial charge in [0, 0.05) is 17.7 Å². The molecule has 0 unspecified atom stereocenters. The molecule has 0 radical (unpaired) electrons. The molecule has 0 bridgehead atoms. The Morgan fingerprint density at radius 1 is 1.35 bits per heavy atom. The SMILES string of the molecule is CC(C)c1nc2c(NC(=O)c3ccc(F)c(Cl)c3)cccn2n1. The van der Waals surface area contributed by atoms with Gasteiger partial charge in [-0.2, -0.15) is 5.10 Å². The summed E-state index contributed by atoms with van der Waals surface area (Å²) in [6.07, 6.45) is 1.76. The van der Waals surface area contributed by atoms with Crippen LogP contribution >= 0.6 is 11.6 Å². The van der Waals surface area contributed by atoms with Gasteiger partial charge in [-0.05, 0) is 30.3 Å². The number of hydrogen-bond donors (Lipinski definition) is 1. The maximum absolute atomic E-state index is 13.2. The Bertz CT molecular complexity index is 891. The van der Waals surface area contributed by atoms with Gasteiger partial charge in [0.05, 0.1) is 10.7 Å². The first kappa shape index (κ1) is 15.4. The zero-order chi connectivity index (χ0) is 16.6. The largest absolute Gasteiger partial charge is 0.319 e. The summed E-state index contributed by atoms with van der Waals surface area (Å²) in [4.78, 5) is 16.8. The van der Waals surface area contributed by atoms with Crippen molar-refractivity contribution < 1.29 is 9.18 Å². The van der Waals surface area contributed by atoms with Crippen LogP contribution in [0.1, 0.15) is 35.9 Å². The number of carbonyl (C=O) groups is 1. The molecule has 1 amide bonds. The van der Waals surface area contributed by atoms with Crippen molar-refractivity contribution in [3.63, 3.8) is 0 Å². The number of anilines is 1. The number of rotatable bonds is 3. The van der Waals surface area contributed by atoms with Gasteiger partial charge in [-0.15, -0.1) is 0 Å². The molecule has 0 aliphatic carbocycles. The summed E-state index contributed by atoms with van der Waals surface area (Å²) in [5.74, 6) is -0.0932. The average Bonchev–Trinajstić information content (AvgIpc) is 2.95. The lowest BCUT2D eigenvalue weighted by Gasteiger charge is -2.06. The molecule has 1 N–H and O–H groups in total. The molecule has 3 rings (SSSR count). The van der Waals surface area contributed by atoms with Gasteiger partial charge in [0.1, 0.15) is 5.82 Å². The van der Waals surface area contributed by atoms with E-state index in [9.17, 15) is 9.18 Å². The van der Waals surface area contributed by atoms with Gasteiger partial charge in [0.15, 0.2) is 11.5 Å². The topological polar surface area (TPSA) is 59.3 Å². The minimum Gasteiger partial charge on any atom is -0.319 e. The van der Waals surface area contributed by atoms with E-state index in [4.69, 9.17) is 11.6 Å². The number of halogens is 2. The minimum absolute atomic E-state index is 0.0968. The van der Waals surface area contributed by atoms with E-state index in [1.54, 1.807) is 22.8 Å². The van der Waals surface area contributed by atoms with E-state index in [0.717, 1.165) is 6.07 Å². The predicted octanol–water partition coefficient (Wildman–Crippen LogP) is 3.90. The van der Waals surface area contributed by atoms with Crippen molar-refractivity contribution in [3.05, 3.63) is 58.8 Å². The smallest absolute Gasteiger partial charge is 0.255 e. The number of hydrogen-bond acceptors (Lipinski definition) is 3. The molecule has 7 heteroatoms. The highest BCUT2D eigenvalue weighted by atomic mass is 35.5. The third-order valence-corrected chi connectivity index (χ3v) is 3.61. The molecule has 23 heavy (non-hydrogen) atoms. The molecule has 0 saturated heterocycles. The molecular formula is C16H14ClFN4O. The van der Waals surface area contributed by atoms with E-state index in [0.29, 0.717) is 17.2 Å². The van der Waals surface area contributed by atoms with Crippen molar-refractivity contribution in [1.29, 1.82) is 0 Å². The number of pyridine rings is 1. The van der Waals surface area contributed by atoms with Crippen LogP contribution in [0.25, 0.3) is 5.65 Å². The highest BCUT2D eigenvalue weighted by Crippen LogP contribution is 2.20. The number of fused-ring (bicyclic) bond motifs is 1. The molecule has 0 aliphatic heterocycles. The van der Waals surface area contributed by atoms with E-state index in [1.165, 1.54) is 12.1 Å². The number of aromatic nitrogens is 3. The number of nitrogens with one attached hydrogen (secondary N) is 1. The molecule has 0 aliphatic rings. The number of nitrogens with zero attached hydrogens (tertiary/aromatic N) is 3. The van der Waals surface area contributed by atoms with Crippen LogP contribution in [0.3, 0.4) is 0 Å². The second-order valence-corrected chi connectivity index (χ2v) is 5.80. The zero-order valence-electron chi connectivity index (χ0n) is 12.5. The Balaban J connectivity index is 1.94. The van der Waals surface area contributed by atoms with Crippen molar-refractivity contribution in [2.24, 2.45) is 0 Å². The van der Waals surface area contributed by atoms with Crippen molar-refractivity contribution in [2.45, 2.75) is 19.8 Å². The zero-order valence-corrected chi connectivity index (χ0v) is 13.3. The van der Waals surface area contributed by atoms with E-state index in [1.807, 2.05) is 13.8 Å². The van der Waals surface area contributed by atoms with E-state index in [-0.39, 0.29) is 16.5 Å². The minimum atomic E-state index is -0.565. The molecule has 1 aromatic carbocycles. The maximum Gasteiger partial charge on any atom is 0.255 e. The monoisotopic (exact) mass is 332 g/mol. The van der Waals surface area contributed by atoms with Gasteiger partial charge >= 0.3 is 0 Å². The fourth-order valence-electron chi connectivity index (χ4n) is 2.10. The Kier molecular flexibility index (Phi) is 4.00. The molecular weight excluding hydrogens is 319 g/mol. The molecule has 2 heterocycles. The standard InChI is InChI=1S/C16H14ClFN4O/c1-9(2)14-20-15-13(4-3-7-22(15)21-14)19-16(23)10-5-6-12(18)11(17)8-10/h3-9H,1-2H3,(H,19,23). The lowest BCUT2D eigenvalue weighted by atomic mass is 10.2. The lowest BCUT2D eigenvalue weighted by Crippen LogP contribution is -2.13. The van der Waals surface area contributed by atoms with Crippen LogP contribution in [0.15, 0.2) is 36.5 Å². The molecule has 0 saturated carbocycles. The summed E-state index contributed by atoms with van der Waals surface area (Å²) in [6, 6.07) is 7.32. The van der Waals surface area contributed by atoms with Crippen molar-refractivity contribution in [3.8, 4) is 0 Å². The fraction of sp³-hybridized carbons (Fsp3) is 0.188. The first-order chi connectivity index (χ1) is 11.0. The highest BCUT2D eigenvalue weighted by Gasteiger charge is 2.14. The van der Waals surface area contributed by atoms with Gasteiger partial charge in [-0.3, -0.25) is 4.79 Å². The average molecular weight is 333 g/mol. The lowest BCUT2D eigenvalue weighted by molar-refractivity contribution is 0.102. The molecule has 3 aromatic rings.